The van der Waals surface area contributed by atoms with Gasteiger partial charge < -0.3 is 0 Å². The molecule has 0 radical (unpaired) electrons. The summed E-state index contributed by atoms with van der Waals surface area (Å²) in [6.45, 7) is 4.11. The molecule has 1 atom stereocenters. The summed E-state index contributed by atoms with van der Waals surface area (Å²) in [5.74, 6) is 0. The van der Waals surface area contributed by atoms with Crippen molar-refractivity contribution in [1.29, 1.82) is 0 Å². The molecule has 2 aliphatic rings. The highest BCUT2D eigenvalue weighted by atomic mass is 35.5. The molecule has 1 saturated heterocycles. The highest BCUT2D eigenvalue weighted by Gasteiger charge is 2.34. The van der Waals surface area contributed by atoms with Gasteiger partial charge in [-0.1, -0.05) is 65.7 Å². The Hall–Kier alpha value is -2.71. The maximum Gasteiger partial charge on any atom is 0.243 e. The van der Waals surface area contributed by atoms with E-state index in [4.69, 9.17) is 16.7 Å². The number of benzene rings is 3. The van der Waals surface area contributed by atoms with Crippen LogP contribution in [0.15, 0.2) is 82.8 Å². The Labute approximate surface area is 199 Å². The van der Waals surface area contributed by atoms with Crippen LogP contribution in [0.4, 0.5) is 0 Å². The number of fused-ring (bicyclic) bond motifs is 1. The lowest BCUT2D eigenvalue weighted by molar-refractivity contribution is 0.115. The molecule has 0 spiro atoms. The first-order valence-corrected chi connectivity index (χ1v) is 12.7. The zero-order valence-electron chi connectivity index (χ0n) is 18.3. The second-order valence-corrected chi connectivity index (χ2v) is 10.7. The van der Waals surface area contributed by atoms with Gasteiger partial charge in [-0.25, -0.2) is 8.42 Å². The van der Waals surface area contributed by atoms with E-state index in [0.29, 0.717) is 31.2 Å². The summed E-state index contributed by atoms with van der Waals surface area (Å²) in [6.07, 6.45) is -0.101. The number of hydrazone groups is 1. The van der Waals surface area contributed by atoms with Gasteiger partial charge >= 0.3 is 0 Å². The van der Waals surface area contributed by atoms with Crippen molar-refractivity contribution in [2.75, 3.05) is 26.2 Å². The van der Waals surface area contributed by atoms with E-state index in [1.807, 2.05) is 12.1 Å². The standard InChI is InChI=1S/C25H25ClN4O2S/c1-18-6-8-19(9-7-18)24-22-4-2-3-5-23(22)25(28-27-24)29-14-16-30(17-15-29)33(31,32)21-12-10-20(26)11-13-21/h2-13,25,28H,14-17H2,1H3. The number of piperazine rings is 1. The molecule has 33 heavy (non-hydrogen) atoms. The fourth-order valence-electron chi connectivity index (χ4n) is 4.37. The van der Waals surface area contributed by atoms with E-state index < -0.39 is 10.0 Å². The molecule has 5 rings (SSSR count). The van der Waals surface area contributed by atoms with E-state index >= 15 is 0 Å². The number of aryl methyl sites for hydroxylation is 1. The van der Waals surface area contributed by atoms with Crippen molar-refractivity contribution < 1.29 is 8.42 Å². The average Bonchev–Trinajstić information content (AvgIpc) is 2.84. The van der Waals surface area contributed by atoms with Crippen LogP contribution in [0.25, 0.3) is 0 Å². The van der Waals surface area contributed by atoms with Gasteiger partial charge in [0.1, 0.15) is 6.17 Å². The van der Waals surface area contributed by atoms with Crippen LogP contribution in [0.5, 0.6) is 0 Å². The Bertz CT molecular complexity index is 1280. The van der Waals surface area contributed by atoms with Crippen LogP contribution in [0.2, 0.25) is 5.02 Å². The third-order valence-electron chi connectivity index (χ3n) is 6.22. The van der Waals surface area contributed by atoms with Crippen LogP contribution in [0, 0.1) is 6.92 Å². The summed E-state index contributed by atoms with van der Waals surface area (Å²) in [6, 6.07) is 23.0. The first-order valence-electron chi connectivity index (χ1n) is 10.9. The van der Waals surface area contributed by atoms with E-state index in [1.165, 1.54) is 5.56 Å². The maximum absolute atomic E-state index is 13.0. The number of nitrogens with zero attached hydrogens (tertiary/aromatic N) is 3. The molecule has 0 aromatic heterocycles. The molecule has 3 aromatic rings. The van der Waals surface area contributed by atoms with Gasteiger partial charge in [-0.2, -0.15) is 9.41 Å². The number of hydrogen-bond acceptors (Lipinski definition) is 5. The molecule has 1 N–H and O–H groups in total. The van der Waals surface area contributed by atoms with Crippen molar-refractivity contribution >= 4 is 27.3 Å². The van der Waals surface area contributed by atoms with Crippen LogP contribution in [0.3, 0.4) is 0 Å². The highest BCUT2D eigenvalue weighted by Crippen LogP contribution is 2.30. The van der Waals surface area contributed by atoms with Gasteiger partial charge in [0.25, 0.3) is 0 Å². The zero-order valence-corrected chi connectivity index (χ0v) is 19.9. The van der Waals surface area contributed by atoms with Gasteiger partial charge in [-0.3, -0.25) is 10.3 Å². The quantitative estimate of drug-likeness (QED) is 0.612. The molecular formula is C25H25ClN4O2S. The number of nitrogens with one attached hydrogen (secondary N) is 1. The largest absolute Gasteiger partial charge is 0.288 e. The Kier molecular flexibility index (Phi) is 5.97. The Morgan fingerprint density at radius 1 is 0.909 bits per heavy atom. The van der Waals surface area contributed by atoms with Gasteiger partial charge in [-0.05, 0) is 36.8 Å². The van der Waals surface area contributed by atoms with Gasteiger partial charge in [0, 0.05) is 42.3 Å². The summed E-state index contributed by atoms with van der Waals surface area (Å²) < 4.78 is 27.6. The first-order chi connectivity index (χ1) is 15.9. The minimum absolute atomic E-state index is 0.101. The zero-order chi connectivity index (χ0) is 23.0. The lowest BCUT2D eigenvalue weighted by Crippen LogP contribution is -2.52. The molecule has 0 amide bonds. The predicted octanol–water partition coefficient (Wildman–Crippen LogP) is 4.01. The Balaban J connectivity index is 1.34. The molecule has 1 fully saturated rings. The van der Waals surface area contributed by atoms with Crippen LogP contribution in [0.1, 0.15) is 28.4 Å². The fourth-order valence-corrected chi connectivity index (χ4v) is 5.92. The van der Waals surface area contributed by atoms with Crippen LogP contribution in [-0.4, -0.2) is 49.5 Å². The summed E-state index contributed by atoms with van der Waals surface area (Å²) in [7, 11) is -3.54. The molecule has 0 aliphatic carbocycles. The van der Waals surface area contributed by atoms with Crippen molar-refractivity contribution in [2.24, 2.45) is 5.10 Å². The Morgan fingerprint density at radius 3 is 2.27 bits per heavy atom. The lowest BCUT2D eigenvalue weighted by atomic mass is 9.94. The molecule has 170 valence electrons. The minimum atomic E-state index is -3.54. The van der Waals surface area contributed by atoms with Crippen molar-refractivity contribution in [3.8, 4) is 0 Å². The number of hydrogen-bond donors (Lipinski definition) is 1. The highest BCUT2D eigenvalue weighted by molar-refractivity contribution is 7.89. The summed E-state index contributed by atoms with van der Waals surface area (Å²) >= 11 is 5.92. The molecule has 6 nitrogen and oxygen atoms in total. The van der Waals surface area contributed by atoms with Gasteiger partial charge in [-0.15, -0.1) is 0 Å². The van der Waals surface area contributed by atoms with Crippen LogP contribution >= 0.6 is 11.6 Å². The molecular weight excluding hydrogens is 456 g/mol. The minimum Gasteiger partial charge on any atom is -0.288 e. The van der Waals surface area contributed by atoms with Crippen molar-refractivity contribution in [3.05, 3.63) is 100 Å². The summed E-state index contributed by atoms with van der Waals surface area (Å²) in [4.78, 5) is 2.52. The Morgan fingerprint density at radius 2 is 1.58 bits per heavy atom. The molecule has 2 aliphatic heterocycles. The number of sulfonamides is 1. The molecule has 3 aromatic carbocycles. The van der Waals surface area contributed by atoms with Crippen molar-refractivity contribution in [3.63, 3.8) is 0 Å². The van der Waals surface area contributed by atoms with Crippen LogP contribution < -0.4 is 5.43 Å². The first kappa shape index (κ1) is 22.1. The van der Waals surface area contributed by atoms with E-state index in [-0.39, 0.29) is 11.1 Å². The molecule has 0 bridgehead atoms. The monoisotopic (exact) mass is 480 g/mol. The lowest BCUT2D eigenvalue weighted by Gasteiger charge is -2.40. The normalized spacial score (nSPS) is 19.5. The second kappa shape index (κ2) is 8.91. The third-order valence-corrected chi connectivity index (χ3v) is 8.39. The molecule has 8 heteroatoms. The summed E-state index contributed by atoms with van der Waals surface area (Å²) in [5, 5.41) is 5.25. The van der Waals surface area contributed by atoms with Crippen LogP contribution in [-0.2, 0) is 10.0 Å². The number of rotatable bonds is 4. The topological polar surface area (TPSA) is 65.0 Å². The number of halogens is 1. The third kappa shape index (κ3) is 4.29. The molecule has 2 heterocycles. The molecule has 1 unspecified atom stereocenters. The van der Waals surface area contributed by atoms with Gasteiger partial charge in [0.15, 0.2) is 0 Å². The van der Waals surface area contributed by atoms with Crippen molar-refractivity contribution in [1.82, 2.24) is 14.6 Å². The fraction of sp³-hybridized carbons (Fsp3) is 0.240. The van der Waals surface area contributed by atoms with Gasteiger partial charge in [0.05, 0.1) is 10.6 Å². The second-order valence-electron chi connectivity index (χ2n) is 8.34. The van der Waals surface area contributed by atoms with Crippen molar-refractivity contribution in [2.45, 2.75) is 18.0 Å². The average molecular weight is 481 g/mol. The SMILES string of the molecule is Cc1ccc(C2=NNC(N3CCN(S(=O)(=O)c4ccc(Cl)cc4)CC3)c3ccccc32)cc1. The maximum atomic E-state index is 13.0. The van der Waals surface area contributed by atoms with E-state index in [9.17, 15) is 8.42 Å². The van der Waals surface area contributed by atoms with E-state index in [0.717, 1.165) is 22.4 Å². The summed E-state index contributed by atoms with van der Waals surface area (Å²) in [5.41, 5.74) is 8.78. The van der Waals surface area contributed by atoms with E-state index in [1.54, 1.807) is 28.6 Å². The predicted molar refractivity (Wildman–Crippen MR) is 131 cm³/mol. The van der Waals surface area contributed by atoms with E-state index in [2.05, 4.69) is 53.6 Å². The molecule has 0 saturated carbocycles. The smallest absolute Gasteiger partial charge is 0.243 e. The van der Waals surface area contributed by atoms with Gasteiger partial charge in [0.2, 0.25) is 10.0 Å².